The van der Waals surface area contributed by atoms with Crippen LogP contribution in [0.3, 0.4) is 0 Å². The summed E-state index contributed by atoms with van der Waals surface area (Å²) in [5, 5.41) is 0.670. The smallest absolute Gasteiger partial charge is 0.124 e. The summed E-state index contributed by atoms with van der Waals surface area (Å²) in [7, 11) is 0. The number of hydrogen-bond acceptors (Lipinski definition) is 2. The zero-order chi connectivity index (χ0) is 13.8. The highest BCUT2D eigenvalue weighted by molar-refractivity contribution is 9.10. The summed E-state index contributed by atoms with van der Waals surface area (Å²) < 4.78 is 6.88. The Hall–Kier alpha value is -1.03. The zero-order valence-corrected chi connectivity index (χ0v) is 12.9. The first-order valence-corrected chi connectivity index (χ1v) is 7.15. The Labute approximate surface area is 126 Å². The molecule has 0 heterocycles. The van der Waals surface area contributed by atoms with E-state index in [1.165, 1.54) is 0 Å². The molecule has 0 bridgehead atoms. The van der Waals surface area contributed by atoms with Gasteiger partial charge in [0, 0.05) is 21.1 Å². The molecule has 100 valence electrons. The molecule has 4 heteroatoms. The van der Waals surface area contributed by atoms with E-state index >= 15 is 0 Å². The van der Waals surface area contributed by atoms with Crippen molar-refractivity contribution in [2.24, 2.45) is 5.73 Å². The molecule has 19 heavy (non-hydrogen) atoms. The molecule has 0 spiro atoms. The third-order valence-corrected chi connectivity index (χ3v) is 3.53. The van der Waals surface area contributed by atoms with E-state index in [4.69, 9.17) is 22.1 Å². The molecule has 0 saturated heterocycles. The summed E-state index contributed by atoms with van der Waals surface area (Å²) in [5.74, 6) is 0.780. The molecule has 2 nitrogen and oxygen atoms in total. The number of benzene rings is 2. The number of halogens is 2. The SMILES string of the molecule is C[C@@H](N)c1cc(Cl)ccc1OCc1ccc(Br)cc1. The van der Waals surface area contributed by atoms with E-state index in [1.807, 2.05) is 49.4 Å². The Morgan fingerprint density at radius 1 is 1.21 bits per heavy atom. The first-order chi connectivity index (χ1) is 9.06. The first-order valence-electron chi connectivity index (χ1n) is 5.98. The molecule has 0 aliphatic rings. The van der Waals surface area contributed by atoms with Crippen molar-refractivity contribution in [1.29, 1.82) is 0 Å². The third-order valence-electron chi connectivity index (χ3n) is 2.77. The minimum Gasteiger partial charge on any atom is -0.489 e. The van der Waals surface area contributed by atoms with Gasteiger partial charge in [0.2, 0.25) is 0 Å². The fourth-order valence-electron chi connectivity index (χ4n) is 1.75. The second-order valence-corrected chi connectivity index (χ2v) is 5.74. The molecule has 0 aromatic heterocycles. The van der Waals surface area contributed by atoms with Crippen molar-refractivity contribution in [2.75, 3.05) is 0 Å². The van der Waals surface area contributed by atoms with Crippen molar-refractivity contribution in [3.63, 3.8) is 0 Å². The van der Waals surface area contributed by atoms with Crippen LogP contribution in [0.2, 0.25) is 5.02 Å². The predicted molar refractivity (Wildman–Crippen MR) is 82.5 cm³/mol. The molecule has 2 aromatic carbocycles. The summed E-state index contributed by atoms with van der Waals surface area (Å²) in [6.07, 6.45) is 0. The van der Waals surface area contributed by atoms with Crippen LogP contribution in [0, 0.1) is 0 Å². The number of rotatable bonds is 4. The minimum absolute atomic E-state index is 0.112. The lowest BCUT2D eigenvalue weighted by Gasteiger charge is -2.14. The Bertz CT molecular complexity index is 555. The number of ether oxygens (including phenoxy) is 1. The van der Waals surface area contributed by atoms with Crippen molar-refractivity contribution in [3.8, 4) is 5.75 Å². The molecule has 2 rings (SSSR count). The van der Waals surface area contributed by atoms with Crippen LogP contribution >= 0.6 is 27.5 Å². The van der Waals surface area contributed by atoms with Crippen LogP contribution in [0.1, 0.15) is 24.1 Å². The van der Waals surface area contributed by atoms with Gasteiger partial charge in [-0.05, 0) is 42.8 Å². The molecule has 0 fully saturated rings. The summed E-state index contributed by atoms with van der Waals surface area (Å²) in [4.78, 5) is 0. The van der Waals surface area contributed by atoms with E-state index in [1.54, 1.807) is 0 Å². The zero-order valence-electron chi connectivity index (χ0n) is 10.6. The highest BCUT2D eigenvalue weighted by Gasteiger charge is 2.09. The minimum atomic E-state index is -0.112. The summed E-state index contributed by atoms with van der Waals surface area (Å²) >= 11 is 9.39. The van der Waals surface area contributed by atoms with Crippen LogP contribution < -0.4 is 10.5 Å². The van der Waals surface area contributed by atoms with Crippen molar-refractivity contribution < 1.29 is 4.74 Å². The van der Waals surface area contributed by atoms with E-state index in [2.05, 4.69) is 15.9 Å². The molecule has 0 unspecified atom stereocenters. The maximum atomic E-state index is 5.98. The fourth-order valence-corrected chi connectivity index (χ4v) is 2.19. The standard InChI is InChI=1S/C15H15BrClNO/c1-10(18)14-8-13(17)6-7-15(14)19-9-11-2-4-12(16)5-3-11/h2-8,10H,9,18H2,1H3/t10-/m1/s1. The maximum Gasteiger partial charge on any atom is 0.124 e. The van der Waals surface area contributed by atoms with Gasteiger partial charge in [-0.1, -0.05) is 39.7 Å². The normalized spacial score (nSPS) is 12.2. The lowest BCUT2D eigenvalue weighted by Crippen LogP contribution is -2.08. The average molecular weight is 341 g/mol. The van der Waals surface area contributed by atoms with E-state index in [-0.39, 0.29) is 6.04 Å². The van der Waals surface area contributed by atoms with Gasteiger partial charge in [-0.15, -0.1) is 0 Å². The van der Waals surface area contributed by atoms with E-state index < -0.39 is 0 Å². The lowest BCUT2D eigenvalue weighted by molar-refractivity contribution is 0.301. The molecule has 0 amide bonds. The van der Waals surface area contributed by atoms with Gasteiger partial charge < -0.3 is 10.5 Å². The summed E-state index contributed by atoms with van der Waals surface area (Å²) in [6.45, 7) is 2.42. The topological polar surface area (TPSA) is 35.2 Å². The molecule has 0 radical (unpaired) electrons. The van der Waals surface area contributed by atoms with Crippen LogP contribution in [0.5, 0.6) is 5.75 Å². The average Bonchev–Trinajstić information content (AvgIpc) is 2.39. The van der Waals surface area contributed by atoms with E-state index in [0.717, 1.165) is 21.3 Å². The van der Waals surface area contributed by atoms with Crippen molar-refractivity contribution in [1.82, 2.24) is 0 Å². The molecule has 2 aromatic rings. The molecular formula is C15H15BrClNO. The summed E-state index contributed by atoms with van der Waals surface area (Å²) in [6, 6.07) is 13.4. The molecule has 2 N–H and O–H groups in total. The first kappa shape index (κ1) is 14.4. The Balaban J connectivity index is 2.13. The Morgan fingerprint density at radius 2 is 1.89 bits per heavy atom. The lowest BCUT2D eigenvalue weighted by atomic mass is 10.1. The quantitative estimate of drug-likeness (QED) is 0.875. The van der Waals surface area contributed by atoms with Crippen LogP contribution in [0.4, 0.5) is 0 Å². The van der Waals surface area contributed by atoms with Gasteiger partial charge in [0.15, 0.2) is 0 Å². The van der Waals surface area contributed by atoms with Crippen LogP contribution in [-0.4, -0.2) is 0 Å². The van der Waals surface area contributed by atoms with E-state index in [0.29, 0.717) is 11.6 Å². The van der Waals surface area contributed by atoms with Crippen molar-refractivity contribution in [2.45, 2.75) is 19.6 Å². The van der Waals surface area contributed by atoms with Gasteiger partial charge in [0.25, 0.3) is 0 Å². The van der Waals surface area contributed by atoms with Gasteiger partial charge in [-0.25, -0.2) is 0 Å². The maximum absolute atomic E-state index is 5.98. The second-order valence-electron chi connectivity index (χ2n) is 4.39. The largest absolute Gasteiger partial charge is 0.489 e. The Morgan fingerprint density at radius 3 is 2.53 bits per heavy atom. The molecule has 0 aliphatic carbocycles. The number of hydrogen-bond donors (Lipinski definition) is 1. The van der Waals surface area contributed by atoms with Crippen LogP contribution in [0.15, 0.2) is 46.9 Å². The molecule has 0 aliphatic heterocycles. The van der Waals surface area contributed by atoms with Gasteiger partial charge in [-0.2, -0.15) is 0 Å². The molecule has 1 atom stereocenters. The predicted octanol–water partition coefficient (Wildman–Crippen LogP) is 4.70. The van der Waals surface area contributed by atoms with Crippen molar-refractivity contribution >= 4 is 27.5 Å². The van der Waals surface area contributed by atoms with E-state index in [9.17, 15) is 0 Å². The van der Waals surface area contributed by atoms with Gasteiger partial charge in [0.1, 0.15) is 12.4 Å². The highest BCUT2D eigenvalue weighted by Crippen LogP contribution is 2.28. The monoisotopic (exact) mass is 339 g/mol. The van der Waals surface area contributed by atoms with Gasteiger partial charge in [0.05, 0.1) is 0 Å². The highest BCUT2D eigenvalue weighted by atomic mass is 79.9. The van der Waals surface area contributed by atoms with Crippen molar-refractivity contribution in [3.05, 3.63) is 63.1 Å². The van der Waals surface area contributed by atoms with Gasteiger partial charge >= 0.3 is 0 Å². The van der Waals surface area contributed by atoms with Crippen LogP contribution in [0.25, 0.3) is 0 Å². The molecule has 0 saturated carbocycles. The van der Waals surface area contributed by atoms with Gasteiger partial charge in [-0.3, -0.25) is 0 Å². The third kappa shape index (κ3) is 3.96. The molecular weight excluding hydrogens is 326 g/mol. The Kier molecular flexibility index (Phi) is 4.86. The number of nitrogens with two attached hydrogens (primary N) is 1. The van der Waals surface area contributed by atoms with Crippen LogP contribution in [-0.2, 0) is 6.61 Å². The second kappa shape index (κ2) is 6.42. The summed E-state index contributed by atoms with van der Waals surface area (Å²) in [5.41, 5.74) is 7.95. The fraction of sp³-hybridized carbons (Fsp3) is 0.200.